The number of aryl methyl sites for hydroxylation is 1. The zero-order valence-electron chi connectivity index (χ0n) is 12.2. The van der Waals surface area contributed by atoms with E-state index in [1.165, 1.54) is 24.3 Å². The molecule has 2 rings (SSSR count). The van der Waals surface area contributed by atoms with E-state index in [0.717, 1.165) is 13.0 Å². The Morgan fingerprint density at radius 3 is 2.21 bits per heavy atom. The Morgan fingerprint density at radius 2 is 1.75 bits per heavy atom. The molecule has 126 valence electrons. The third-order valence-corrected chi connectivity index (χ3v) is 3.24. The van der Waals surface area contributed by atoms with Crippen LogP contribution in [0.2, 0.25) is 0 Å². The molecule has 0 bridgehead atoms. The molecule has 0 fully saturated rings. The van der Waals surface area contributed by atoms with Crippen molar-refractivity contribution in [1.29, 1.82) is 0 Å². The van der Waals surface area contributed by atoms with Crippen LogP contribution in [-0.4, -0.2) is 16.1 Å². The average Bonchev–Trinajstić information content (AvgIpc) is 2.46. The van der Waals surface area contributed by atoms with E-state index in [4.69, 9.17) is 0 Å². The fourth-order valence-electron chi connectivity index (χ4n) is 2.30. The molecule has 2 aromatic carbocycles. The van der Waals surface area contributed by atoms with Crippen LogP contribution in [0.15, 0.2) is 42.5 Å². The number of alkyl halides is 3. The first-order valence-corrected chi connectivity index (χ1v) is 6.57. The number of nitrogens with zero attached hydrogens (tertiary/aromatic N) is 2. The Bertz CT molecular complexity index is 791. The molecule has 0 aliphatic carbocycles. The Balaban J connectivity index is 2.72. The van der Waals surface area contributed by atoms with Crippen molar-refractivity contribution in [1.82, 2.24) is 0 Å². The summed E-state index contributed by atoms with van der Waals surface area (Å²) in [5, 5.41) is 20.3. The highest BCUT2D eigenvalue weighted by molar-refractivity contribution is 5.95. The number of nitro benzene ring substituents is 1. The van der Waals surface area contributed by atoms with Crippen LogP contribution in [0, 0.1) is 17.0 Å². The molecule has 0 aliphatic rings. The van der Waals surface area contributed by atoms with Gasteiger partial charge in [-0.3, -0.25) is 10.1 Å². The van der Waals surface area contributed by atoms with E-state index >= 15 is 0 Å². The third-order valence-electron chi connectivity index (χ3n) is 3.24. The summed E-state index contributed by atoms with van der Waals surface area (Å²) < 4.78 is 39.5. The van der Waals surface area contributed by atoms with Crippen LogP contribution in [-0.2, 0) is 6.18 Å². The van der Waals surface area contributed by atoms with Gasteiger partial charge >= 0.3 is 12.3 Å². The van der Waals surface area contributed by atoms with E-state index in [1.54, 1.807) is 6.07 Å². The summed E-state index contributed by atoms with van der Waals surface area (Å²) in [6, 6.07) is 8.96. The van der Waals surface area contributed by atoms with Crippen molar-refractivity contribution in [2.75, 3.05) is 4.90 Å². The van der Waals surface area contributed by atoms with Gasteiger partial charge in [0.15, 0.2) is 0 Å². The van der Waals surface area contributed by atoms with Crippen molar-refractivity contribution in [3.8, 4) is 0 Å². The first-order valence-electron chi connectivity index (χ1n) is 6.57. The summed E-state index contributed by atoms with van der Waals surface area (Å²) in [5.74, 6) is 0. The van der Waals surface area contributed by atoms with Gasteiger partial charge in [-0.1, -0.05) is 18.2 Å². The van der Waals surface area contributed by atoms with E-state index in [1.807, 2.05) is 0 Å². The second-order valence-electron chi connectivity index (χ2n) is 4.87. The zero-order chi connectivity index (χ0) is 18.1. The van der Waals surface area contributed by atoms with Crippen LogP contribution in [0.4, 0.5) is 35.0 Å². The monoisotopic (exact) mass is 340 g/mol. The molecule has 0 unspecified atom stereocenters. The Hall–Kier alpha value is -3.10. The lowest BCUT2D eigenvalue weighted by atomic mass is 10.1. The SMILES string of the molecule is Cc1cc(N(C(=O)O)c2ccccc2)cc(C(F)(F)F)c1[N+](=O)[O-]. The minimum atomic E-state index is -5.00. The van der Waals surface area contributed by atoms with Crippen LogP contribution in [0.1, 0.15) is 11.1 Å². The number of amides is 1. The van der Waals surface area contributed by atoms with Gasteiger partial charge in [0.25, 0.3) is 5.69 Å². The fourth-order valence-corrected chi connectivity index (χ4v) is 2.30. The maximum atomic E-state index is 13.2. The van der Waals surface area contributed by atoms with Crippen LogP contribution in [0.5, 0.6) is 0 Å². The van der Waals surface area contributed by atoms with Crippen molar-refractivity contribution in [2.24, 2.45) is 0 Å². The molecule has 1 amide bonds. The van der Waals surface area contributed by atoms with Gasteiger partial charge in [-0.25, -0.2) is 9.69 Å². The Labute approximate surface area is 133 Å². The first kappa shape index (κ1) is 17.3. The van der Waals surface area contributed by atoms with Crippen LogP contribution < -0.4 is 4.90 Å². The summed E-state index contributed by atoms with van der Waals surface area (Å²) in [6.45, 7) is 1.13. The minimum absolute atomic E-state index is 0.117. The number of anilines is 2. The van der Waals surface area contributed by atoms with E-state index in [0.29, 0.717) is 11.0 Å². The molecule has 0 saturated carbocycles. The average molecular weight is 340 g/mol. The number of hydrogen-bond donors (Lipinski definition) is 1. The molecule has 0 aliphatic heterocycles. The lowest BCUT2D eigenvalue weighted by Gasteiger charge is -2.21. The van der Waals surface area contributed by atoms with E-state index in [2.05, 4.69) is 0 Å². The van der Waals surface area contributed by atoms with Gasteiger partial charge in [-0.15, -0.1) is 0 Å². The molecule has 0 heterocycles. The van der Waals surface area contributed by atoms with Gasteiger partial charge in [0.05, 0.1) is 16.3 Å². The number of para-hydroxylation sites is 1. The lowest BCUT2D eigenvalue weighted by Crippen LogP contribution is -2.24. The number of benzene rings is 2. The highest BCUT2D eigenvalue weighted by Gasteiger charge is 2.40. The first-order chi connectivity index (χ1) is 11.1. The predicted octanol–water partition coefficient (Wildman–Crippen LogP) is 4.74. The Kier molecular flexibility index (Phi) is 4.45. The molecule has 0 aromatic heterocycles. The maximum Gasteiger partial charge on any atom is 0.423 e. The predicted molar refractivity (Wildman–Crippen MR) is 79.4 cm³/mol. The highest BCUT2D eigenvalue weighted by atomic mass is 19.4. The van der Waals surface area contributed by atoms with E-state index in [-0.39, 0.29) is 16.9 Å². The van der Waals surface area contributed by atoms with Crippen molar-refractivity contribution in [3.05, 3.63) is 63.7 Å². The van der Waals surface area contributed by atoms with E-state index < -0.39 is 28.4 Å². The van der Waals surface area contributed by atoms with Crippen molar-refractivity contribution in [2.45, 2.75) is 13.1 Å². The second-order valence-corrected chi connectivity index (χ2v) is 4.87. The maximum absolute atomic E-state index is 13.2. The van der Waals surface area contributed by atoms with Crippen molar-refractivity contribution in [3.63, 3.8) is 0 Å². The number of rotatable bonds is 3. The smallest absolute Gasteiger partial charge is 0.423 e. The van der Waals surface area contributed by atoms with Gasteiger partial charge < -0.3 is 5.11 Å². The van der Waals surface area contributed by atoms with Crippen molar-refractivity contribution < 1.29 is 28.0 Å². The molecule has 24 heavy (non-hydrogen) atoms. The summed E-state index contributed by atoms with van der Waals surface area (Å²) in [7, 11) is 0. The van der Waals surface area contributed by atoms with Gasteiger partial charge in [-0.2, -0.15) is 13.2 Å². The number of halogens is 3. The van der Waals surface area contributed by atoms with Crippen molar-refractivity contribution >= 4 is 23.2 Å². The number of hydrogen-bond acceptors (Lipinski definition) is 3. The molecule has 9 heteroatoms. The van der Waals surface area contributed by atoms with Crippen LogP contribution >= 0.6 is 0 Å². The molecular weight excluding hydrogens is 329 g/mol. The topological polar surface area (TPSA) is 83.7 Å². The summed E-state index contributed by atoms with van der Waals surface area (Å²) >= 11 is 0. The van der Waals surface area contributed by atoms with Gasteiger partial charge in [0.1, 0.15) is 5.56 Å². The molecular formula is C15H11F3N2O4. The quantitative estimate of drug-likeness (QED) is 0.646. The highest BCUT2D eigenvalue weighted by Crippen LogP contribution is 2.41. The van der Waals surface area contributed by atoms with Crippen LogP contribution in [0.3, 0.4) is 0 Å². The normalized spacial score (nSPS) is 11.2. The van der Waals surface area contributed by atoms with Gasteiger partial charge in [-0.05, 0) is 31.2 Å². The standard InChI is InChI=1S/C15H11F3N2O4/c1-9-7-11(8-12(15(16,17)18)13(9)20(23)24)19(14(21)22)10-5-3-2-4-6-10/h2-8H,1H3,(H,21,22). The largest absolute Gasteiger partial charge is 0.464 e. The molecule has 6 nitrogen and oxygen atoms in total. The zero-order valence-corrected chi connectivity index (χ0v) is 12.2. The Morgan fingerprint density at radius 1 is 1.17 bits per heavy atom. The van der Waals surface area contributed by atoms with Crippen LogP contribution in [0.25, 0.3) is 0 Å². The molecule has 1 N–H and O–H groups in total. The summed E-state index contributed by atoms with van der Waals surface area (Å²) in [6.07, 6.45) is -6.51. The van der Waals surface area contributed by atoms with E-state index in [9.17, 15) is 33.2 Å². The van der Waals surface area contributed by atoms with Gasteiger partial charge in [0.2, 0.25) is 0 Å². The van der Waals surface area contributed by atoms with Gasteiger partial charge in [0, 0.05) is 5.56 Å². The molecule has 2 aromatic rings. The number of carboxylic acid groups (broad SMARTS) is 1. The third kappa shape index (κ3) is 3.29. The fraction of sp³-hybridized carbons (Fsp3) is 0.133. The minimum Gasteiger partial charge on any atom is -0.464 e. The number of nitro groups is 1. The molecule has 0 spiro atoms. The lowest BCUT2D eigenvalue weighted by molar-refractivity contribution is -0.388. The summed E-state index contributed by atoms with van der Waals surface area (Å²) in [5.41, 5.74) is -3.09. The summed E-state index contributed by atoms with van der Waals surface area (Å²) in [4.78, 5) is 22.0. The second kappa shape index (κ2) is 6.19. The molecule has 0 radical (unpaired) electrons. The number of carbonyl (C=O) groups is 1. The molecule has 0 atom stereocenters. The molecule has 0 saturated heterocycles.